The summed E-state index contributed by atoms with van der Waals surface area (Å²) in [7, 11) is -4.05. The van der Waals surface area contributed by atoms with Gasteiger partial charge in [-0.3, -0.25) is 4.90 Å². The van der Waals surface area contributed by atoms with E-state index in [4.69, 9.17) is 14.2 Å². The molecular formula is C22H25F3N2O6S. The van der Waals surface area contributed by atoms with Crippen LogP contribution in [0.15, 0.2) is 47.4 Å². The van der Waals surface area contributed by atoms with E-state index in [1.807, 2.05) is 17.0 Å². The van der Waals surface area contributed by atoms with Gasteiger partial charge in [0.1, 0.15) is 0 Å². The number of sulfonamides is 1. The summed E-state index contributed by atoms with van der Waals surface area (Å²) in [5.41, 5.74) is -0.124. The Balaban J connectivity index is 1.23. The number of aliphatic hydroxyl groups excluding tert-OH is 1. The maximum absolute atomic E-state index is 12.9. The molecular weight excluding hydrogens is 477 g/mol. The van der Waals surface area contributed by atoms with Gasteiger partial charge in [0, 0.05) is 32.7 Å². The van der Waals surface area contributed by atoms with Gasteiger partial charge >= 0.3 is 6.18 Å². The number of benzene rings is 2. The zero-order chi connectivity index (χ0) is 24.3. The molecule has 2 aromatic carbocycles. The molecule has 0 spiro atoms. The van der Waals surface area contributed by atoms with Crippen molar-refractivity contribution < 1.29 is 40.9 Å². The first-order chi connectivity index (χ1) is 16.1. The largest absolute Gasteiger partial charge is 0.454 e. The monoisotopic (exact) mass is 502 g/mol. The number of fused-ring (bicyclic) bond motifs is 1. The van der Waals surface area contributed by atoms with E-state index in [-0.39, 0.29) is 38.0 Å². The van der Waals surface area contributed by atoms with E-state index >= 15 is 0 Å². The molecule has 0 radical (unpaired) electrons. The Morgan fingerprint density at radius 3 is 2.50 bits per heavy atom. The van der Waals surface area contributed by atoms with Crippen molar-refractivity contribution in [3.63, 3.8) is 0 Å². The fraction of sp³-hybridized carbons (Fsp3) is 0.455. The maximum atomic E-state index is 12.9. The lowest BCUT2D eigenvalue weighted by Crippen LogP contribution is -2.50. The Morgan fingerprint density at radius 1 is 1.03 bits per heavy atom. The van der Waals surface area contributed by atoms with Crippen molar-refractivity contribution in [3.8, 4) is 11.5 Å². The van der Waals surface area contributed by atoms with Crippen molar-refractivity contribution in [2.24, 2.45) is 0 Å². The van der Waals surface area contributed by atoms with Crippen molar-refractivity contribution in [1.29, 1.82) is 0 Å². The lowest BCUT2D eigenvalue weighted by molar-refractivity contribution is -0.137. The van der Waals surface area contributed by atoms with Gasteiger partial charge in [0.25, 0.3) is 0 Å². The third-order valence-electron chi connectivity index (χ3n) is 5.62. The standard InChI is InChI=1S/C22H25F3N2O6S/c23-22(24,25)17-2-1-3-19(11-17)34(29,30)27-8-6-26(7-9-27)12-18(28)14-31-13-16-4-5-20-21(10-16)33-15-32-20/h1-5,10-11,18,28H,6-9,12-15H2/t18-/m1/s1. The molecule has 0 unspecified atom stereocenters. The number of piperazine rings is 1. The third kappa shape index (κ3) is 5.81. The average molecular weight is 503 g/mol. The molecule has 0 bridgehead atoms. The van der Waals surface area contributed by atoms with Crippen LogP contribution >= 0.6 is 0 Å². The number of hydrogen-bond donors (Lipinski definition) is 1. The first-order valence-corrected chi connectivity index (χ1v) is 12.1. The zero-order valence-electron chi connectivity index (χ0n) is 18.2. The molecule has 0 saturated carbocycles. The van der Waals surface area contributed by atoms with Gasteiger partial charge in [0.05, 0.1) is 29.8 Å². The molecule has 2 aliphatic heterocycles. The molecule has 0 aliphatic carbocycles. The second kappa shape index (κ2) is 10.1. The molecule has 186 valence electrons. The average Bonchev–Trinajstić information content (AvgIpc) is 3.27. The molecule has 4 rings (SSSR count). The van der Waals surface area contributed by atoms with Crippen molar-refractivity contribution >= 4 is 10.0 Å². The number of alkyl halides is 3. The molecule has 8 nitrogen and oxygen atoms in total. The Morgan fingerprint density at radius 2 is 1.76 bits per heavy atom. The third-order valence-corrected chi connectivity index (χ3v) is 7.51. The summed E-state index contributed by atoms with van der Waals surface area (Å²) >= 11 is 0. The minimum absolute atomic E-state index is 0.0944. The van der Waals surface area contributed by atoms with Crippen molar-refractivity contribution in [1.82, 2.24) is 9.21 Å². The smallest absolute Gasteiger partial charge is 0.416 e. The van der Waals surface area contributed by atoms with Gasteiger partial charge in [-0.1, -0.05) is 12.1 Å². The molecule has 12 heteroatoms. The van der Waals surface area contributed by atoms with Gasteiger partial charge in [0.15, 0.2) is 11.5 Å². The van der Waals surface area contributed by atoms with Crippen molar-refractivity contribution in [2.45, 2.75) is 23.8 Å². The summed E-state index contributed by atoms with van der Waals surface area (Å²) in [5.74, 6) is 1.33. The minimum atomic E-state index is -4.62. The fourth-order valence-corrected chi connectivity index (χ4v) is 5.30. The molecule has 1 atom stereocenters. The van der Waals surface area contributed by atoms with Gasteiger partial charge in [-0.2, -0.15) is 17.5 Å². The molecule has 1 N–H and O–H groups in total. The van der Waals surface area contributed by atoms with Gasteiger partial charge in [-0.25, -0.2) is 8.42 Å². The lowest BCUT2D eigenvalue weighted by Gasteiger charge is -2.34. The highest BCUT2D eigenvalue weighted by Gasteiger charge is 2.34. The molecule has 1 fully saturated rings. The van der Waals surface area contributed by atoms with Crippen molar-refractivity contribution in [3.05, 3.63) is 53.6 Å². The predicted octanol–water partition coefficient (Wildman–Crippen LogP) is 2.32. The number of ether oxygens (including phenoxy) is 3. The van der Waals surface area contributed by atoms with Crippen LogP contribution in [-0.4, -0.2) is 75.0 Å². The first kappa shape index (κ1) is 24.7. The fourth-order valence-electron chi connectivity index (χ4n) is 3.83. The van der Waals surface area contributed by atoms with Gasteiger partial charge in [-0.15, -0.1) is 0 Å². The van der Waals surface area contributed by atoms with E-state index in [2.05, 4.69) is 0 Å². The number of β-amino-alcohol motifs (C(OH)–C–C–N with tert-alkyl or cyclic N) is 1. The molecule has 0 aromatic heterocycles. The quantitative estimate of drug-likeness (QED) is 0.593. The molecule has 2 heterocycles. The summed E-state index contributed by atoms with van der Waals surface area (Å²) in [6, 6.07) is 9.22. The van der Waals surface area contributed by atoms with E-state index in [1.54, 1.807) is 6.07 Å². The molecule has 1 saturated heterocycles. The molecule has 2 aliphatic rings. The van der Waals surface area contributed by atoms with E-state index in [1.165, 1.54) is 4.31 Å². The highest BCUT2D eigenvalue weighted by molar-refractivity contribution is 7.89. The summed E-state index contributed by atoms with van der Waals surface area (Å²) in [4.78, 5) is 1.51. The molecule has 2 aromatic rings. The van der Waals surface area contributed by atoms with E-state index < -0.39 is 27.9 Å². The van der Waals surface area contributed by atoms with Crippen LogP contribution in [0.2, 0.25) is 0 Å². The minimum Gasteiger partial charge on any atom is -0.454 e. The summed E-state index contributed by atoms with van der Waals surface area (Å²) in [5, 5.41) is 10.3. The number of nitrogens with zero attached hydrogens (tertiary/aromatic N) is 2. The van der Waals surface area contributed by atoms with Crippen LogP contribution < -0.4 is 9.47 Å². The number of rotatable bonds is 8. The molecule has 0 amide bonds. The van der Waals surface area contributed by atoms with Crippen LogP contribution in [0.5, 0.6) is 11.5 Å². The Labute approximate surface area is 195 Å². The Hall–Kier alpha value is -2.38. The van der Waals surface area contributed by atoms with E-state index in [9.17, 15) is 26.7 Å². The maximum Gasteiger partial charge on any atom is 0.416 e. The second-order valence-corrected chi connectivity index (χ2v) is 10.0. The van der Waals surface area contributed by atoms with Gasteiger partial charge in [0.2, 0.25) is 16.8 Å². The van der Waals surface area contributed by atoms with Gasteiger partial charge in [-0.05, 0) is 35.9 Å². The summed E-state index contributed by atoms with van der Waals surface area (Å²) < 4.78 is 81.8. The second-order valence-electron chi connectivity index (χ2n) is 8.09. The lowest BCUT2D eigenvalue weighted by atomic mass is 10.2. The SMILES string of the molecule is O=S(=O)(c1cccc(C(F)(F)F)c1)N1CCN(C[C@@H](O)COCc2ccc3c(c2)OCO3)CC1. The van der Waals surface area contributed by atoms with Gasteiger partial charge < -0.3 is 19.3 Å². The summed E-state index contributed by atoms with van der Waals surface area (Å²) in [6.45, 7) is 1.78. The van der Waals surface area contributed by atoms with E-state index in [0.717, 1.165) is 23.8 Å². The van der Waals surface area contributed by atoms with Crippen LogP contribution in [0.4, 0.5) is 13.2 Å². The number of halogens is 3. The normalized spacial score (nSPS) is 18.2. The Kier molecular flexibility index (Phi) is 7.33. The zero-order valence-corrected chi connectivity index (χ0v) is 19.0. The highest BCUT2D eigenvalue weighted by Crippen LogP contribution is 2.33. The highest BCUT2D eigenvalue weighted by atomic mass is 32.2. The van der Waals surface area contributed by atoms with Crippen LogP contribution in [0.1, 0.15) is 11.1 Å². The number of aliphatic hydroxyl groups is 1. The van der Waals surface area contributed by atoms with Crippen LogP contribution in [0.3, 0.4) is 0 Å². The summed E-state index contributed by atoms with van der Waals surface area (Å²) in [6.07, 6.45) is -5.40. The van der Waals surface area contributed by atoms with Crippen LogP contribution in [0.25, 0.3) is 0 Å². The molecule has 34 heavy (non-hydrogen) atoms. The first-order valence-electron chi connectivity index (χ1n) is 10.7. The van der Waals surface area contributed by atoms with Crippen LogP contribution in [0, 0.1) is 0 Å². The number of hydrogen-bond acceptors (Lipinski definition) is 7. The van der Waals surface area contributed by atoms with E-state index in [0.29, 0.717) is 37.2 Å². The predicted molar refractivity (Wildman–Crippen MR) is 115 cm³/mol. The Bertz CT molecular complexity index is 1100. The van der Waals surface area contributed by atoms with Crippen LogP contribution in [-0.2, 0) is 27.5 Å². The topological polar surface area (TPSA) is 88.5 Å². The van der Waals surface area contributed by atoms with Crippen molar-refractivity contribution in [2.75, 3.05) is 46.1 Å².